The first-order valence-electron chi connectivity index (χ1n) is 27.8. The first kappa shape index (κ1) is 55.6. The van der Waals surface area contributed by atoms with Gasteiger partial charge in [-0.15, -0.1) is 5.06 Å². The minimum atomic E-state index is -1.22. The van der Waals surface area contributed by atoms with Crippen LogP contribution in [0.25, 0.3) is 0 Å². The van der Waals surface area contributed by atoms with E-state index in [0.29, 0.717) is 69.3 Å². The van der Waals surface area contributed by atoms with E-state index in [-0.39, 0.29) is 68.7 Å². The van der Waals surface area contributed by atoms with Gasteiger partial charge in [0.15, 0.2) is 6.04 Å². The van der Waals surface area contributed by atoms with Crippen molar-refractivity contribution in [3.63, 3.8) is 0 Å². The third kappa shape index (κ3) is 14.0. The highest BCUT2D eigenvalue weighted by molar-refractivity contribution is 5.89. The van der Waals surface area contributed by atoms with Gasteiger partial charge in [0.05, 0.1) is 37.9 Å². The van der Waals surface area contributed by atoms with Gasteiger partial charge in [-0.2, -0.15) is 0 Å². The van der Waals surface area contributed by atoms with Crippen molar-refractivity contribution in [1.82, 2.24) is 50.7 Å². The van der Waals surface area contributed by atoms with Crippen molar-refractivity contribution in [2.24, 2.45) is 17.3 Å². The van der Waals surface area contributed by atoms with Crippen LogP contribution in [0.3, 0.4) is 0 Å². The molecule has 0 spiro atoms. The number of rotatable bonds is 21. The first-order valence-corrected chi connectivity index (χ1v) is 27.8. The van der Waals surface area contributed by atoms with E-state index >= 15 is 9.59 Å². The van der Waals surface area contributed by atoms with Crippen molar-refractivity contribution in [2.45, 2.75) is 140 Å². The lowest BCUT2D eigenvalue weighted by Crippen LogP contribution is -2.60. The predicted octanol–water partition coefficient (Wildman–Crippen LogP) is 7.09. The van der Waals surface area contributed by atoms with Gasteiger partial charge in [-0.25, -0.2) is 24.4 Å². The number of hydrogen-bond acceptors (Lipinski definition) is 11. The Morgan fingerprint density at radius 2 is 1.18 bits per heavy atom. The number of hydrogen-bond donors (Lipinski definition) is 5. The number of nitrogens with one attached hydrogen (secondary N) is 5. The SMILES string of the molecule is CCOC1(C2CCCCC2)CCN(C(=O)C(Cc2ccc(OC)cc2)N(OC(=O)C2(C3CCCCC3)CCN(C(=O)C(Cc3ccc(OC)cc3)NC(=O)NCCc3cnc[nH]3)CC2)C(=O)NCCc2cnc[nH]2)CC1. The molecule has 2 aliphatic heterocycles. The van der Waals surface area contributed by atoms with Crippen LogP contribution in [0.1, 0.15) is 119 Å². The molecule has 2 aromatic carbocycles. The first-order chi connectivity index (χ1) is 37.0. The molecule has 2 atom stereocenters. The van der Waals surface area contributed by atoms with Gasteiger partial charge in [0.1, 0.15) is 17.5 Å². The van der Waals surface area contributed by atoms with Crippen molar-refractivity contribution in [3.05, 3.63) is 96.1 Å². The molecule has 2 aromatic heterocycles. The summed E-state index contributed by atoms with van der Waals surface area (Å²) in [6.45, 7) is 4.45. The maximum absolute atomic E-state index is 15.6. The number of nitrogens with zero attached hydrogens (tertiary/aromatic N) is 5. The average molecular weight is 1050 g/mol. The predicted molar refractivity (Wildman–Crippen MR) is 285 cm³/mol. The molecule has 19 nitrogen and oxygen atoms in total. The van der Waals surface area contributed by atoms with E-state index in [1.165, 1.54) is 19.3 Å². The molecule has 412 valence electrons. The second-order valence-corrected chi connectivity index (χ2v) is 21.1. The van der Waals surface area contributed by atoms with E-state index < -0.39 is 35.5 Å². The van der Waals surface area contributed by atoms with Gasteiger partial charge >= 0.3 is 18.0 Å². The third-order valence-electron chi connectivity index (χ3n) is 16.7. The number of likely N-dealkylation sites (tertiary alicyclic amines) is 2. The fourth-order valence-electron chi connectivity index (χ4n) is 12.3. The van der Waals surface area contributed by atoms with Crippen LogP contribution in [-0.2, 0) is 49.6 Å². The molecule has 4 aliphatic rings. The molecule has 76 heavy (non-hydrogen) atoms. The summed E-state index contributed by atoms with van der Waals surface area (Å²) < 4.78 is 17.5. The lowest BCUT2D eigenvalue weighted by Gasteiger charge is -2.48. The Morgan fingerprint density at radius 1 is 0.671 bits per heavy atom. The number of aromatic nitrogens is 4. The van der Waals surface area contributed by atoms with Crippen LogP contribution in [0.4, 0.5) is 9.59 Å². The highest BCUT2D eigenvalue weighted by Gasteiger charge is 2.52. The van der Waals surface area contributed by atoms with Crippen LogP contribution in [0.15, 0.2) is 73.6 Å². The van der Waals surface area contributed by atoms with E-state index in [0.717, 1.165) is 72.5 Å². The van der Waals surface area contributed by atoms with Crippen LogP contribution >= 0.6 is 0 Å². The van der Waals surface area contributed by atoms with Crippen LogP contribution < -0.4 is 25.4 Å². The van der Waals surface area contributed by atoms with E-state index in [1.807, 2.05) is 60.4 Å². The van der Waals surface area contributed by atoms with Gasteiger partial charge in [0.25, 0.3) is 0 Å². The topological polar surface area (TPSA) is 225 Å². The molecular weight excluding hydrogens is 969 g/mol. The van der Waals surface area contributed by atoms with Crippen LogP contribution in [0.5, 0.6) is 11.5 Å². The number of benzene rings is 2. The number of carbonyl (C=O) groups excluding carboxylic acids is 5. The van der Waals surface area contributed by atoms with Crippen LogP contribution in [-0.4, -0.2) is 142 Å². The highest BCUT2D eigenvalue weighted by Crippen LogP contribution is 2.48. The van der Waals surface area contributed by atoms with Gasteiger partial charge < -0.3 is 54.8 Å². The van der Waals surface area contributed by atoms with Gasteiger partial charge in [-0.3, -0.25) is 9.59 Å². The summed E-state index contributed by atoms with van der Waals surface area (Å²) >= 11 is 0. The van der Waals surface area contributed by atoms with Gasteiger partial charge in [0, 0.05) is 95.3 Å². The standard InChI is InChI=1S/C57H80N10O9/c1-4-75-57(44-13-9-6-10-14-44)27-33-66(34-28-57)52(69)50(36-42-17-21-48(74-3)22-18-42)67(55(72)61-30-24-46-38-59-40-63-46)76-53(70)56(43-11-7-5-8-12-43)25-31-65(32-26-56)51(68)49(35-41-15-19-47(73-2)20-16-41)64-54(71)60-29-23-45-37-58-39-62-45/h15-22,37-40,43-44,49-50H,4-14,23-36H2,1-3H3,(H,58,62)(H,59,63)(H,61,72)(H2,60,64,71). The zero-order valence-corrected chi connectivity index (χ0v) is 44.8. The minimum Gasteiger partial charge on any atom is -0.497 e. The quantitative estimate of drug-likeness (QED) is 0.0530. The maximum Gasteiger partial charge on any atom is 0.351 e. The van der Waals surface area contributed by atoms with Crippen molar-refractivity contribution >= 4 is 29.8 Å². The number of H-pyrrole nitrogens is 2. The average Bonchev–Trinajstić information content (AvgIpc) is 4.21. The van der Waals surface area contributed by atoms with Crippen LogP contribution in [0.2, 0.25) is 0 Å². The molecule has 4 heterocycles. The Hall–Kier alpha value is -6.63. The highest BCUT2D eigenvalue weighted by atomic mass is 16.7. The Bertz CT molecular complexity index is 2440. The number of urea groups is 2. The molecular formula is C57H80N10O9. The van der Waals surface area contributed by atoms with Gasteiger partial charge in [-0.05, 0) is 106 Å². The number of piperidine rings is 2. The Kier molecular flexibility index (Phi) is 19.7. The molecule has 4 aromatic rings. The Labute approximate surface area is 447 Å². The third-order valence-corrected chi connectivity index (χ3v) is 16.7. The molecule has 8 rings (SSSR count). The summed E-state index contributed by atoms with van der Waals surface area (Å²) in [5.74, 6) is 0.477. The zero-order valence-electron chi connectivity index (χ0n) is 44.8. The van der Waals surface area contributed by atoms with Crippen LogP contribution in [0, 0.1) is 17.3 Å². The molecule has 19 heteroatoms. The second kappa shape index (κ2) is 26.9. The molecule has 5 N–H and O–H groups in total. The van der Waals surface area contributed by atoms with Gasteiger partial charge in [0.2, 0.25) is 11.8 Å². The van der Waals surface area contributed by atoms with Crippen molar-refractivity contribution < 1.29 is 43.0 Å². The summed E-state index contributed by atoms with van der Waals surface area (Å²) in [4.78, 5) is 98.5. The fourth-order valence-corrected chi connectivity index (χ4v) is 12.3. The smallest absolute Gasteiger partial charge is 0.351 e. The van der Waals surface area contributed by atoms with E-state index in [9.17, 15) is 14.4 Å². The summed E-state index contributed by atoms with van der Waals surface area (Å²) in [5.41, 5.74) is 1.86. The van der Waals surface area contributed by atoms with Gasteiger partial charge in [-0.1, -0.05) is 62.8 Å². The maximum atomic E-state index is 15.6. The number of methoxy groups -OCH3 is 2. The molecule has 6 amide bonds. The zero-order chi connectivity index (χ0) is 53.3. The number of carbonyl (C=O) groups is 5. The summed E-state index contributed by atoms with van der Waals surface area (Å²) in [5, 5.41) is 9.83. The van der Waals surface area contributed by atoms with E-state index in [2.05, 4.69) is 35.9 Å². The second-order valence-electron chi connectivity index (χ2n) is 21.1. The molecule has 2 saturated heterocycles. The number of hydroxylamine groups is 2. The monoisotopic (exact) mass is 1050 g/mol. The lowest BCUT2D eigenvalue weighted by atomic mass is 9.63. The normalized spacial score (nSPS) is 18.7. The van der Waals surface area contributed by atoms with Crippen molar-refractivity contribution in [3.8, 4) is 11.5 Å². The summed E-state index contributed by atoms with van der Waals surface area (Å²) in [6, 6.07) is 11.4. The number of aromatic amines is 2. The van der Waals surface area contributed by atoms with Crippen molar-refractivity contribution in [2.75, 3.05) is 60.1 Å². The van der Waals surface area contributed by atoms with Crippen molar-refractivity contribution in [1.29, 1.82) is 0 Å². The summed E-state index contributed by atoms with van der Waals surface area (Å²) in [7, 11) is 3.18. The summed E-state index contributed by atoms with van der Waals surface area (Å²) in [6.07, 6.45) is 20.0. The molecule has 2 saturated carbocycles. The largest absolute Gasteiger partial charge is 0.497 e. The molecule has 0 bridgehead atoms. The number of amides is 6. The lowest BCUT2D eigenvalue weighted by molar-refractivity contribution is -0.208. The van der Waals surface area contributed by atoms with E-state index in [1.54, 1.807) is 44.2 Å². The Balaban J connectivity index is 1.05. The molecule has 2 aliphatic carbocycles. The van der Waals surface area contributed by atoms with E-state index in [4.69, 9.17) is 19.0 Å². The molecule has 0 radical (unpaired) electrons. The molecule has 4 fully saturated rings. The number of ether oxygens (including phenoxy) is 3. The minimum absolute atomic E-state index is 0.0673. The fraction of sp³-hybridized carbons (Fsp3) is 0.596. The molecule has 2 unspecified atom stereocenters. The number of imidazole rings is 2. The Morgan fingerprint density at radius 3 is 1.71 bits per heavy atom.